The molecule has 0 bridgehead atoms. The smallest absolute Gasteiger partial charge is 0.287 e. The van der Waals surface area contributed by atoms with Crippen LogP contribution in [0.3, 0.4) is 0 Å². The zero-order chi connectivity index (χ0) is 83.7. The van der Waals surface area contributed by atoms with Crippen molar-refractivity contribution in [1.29, 1.82) is 0 Å². The van der Waals surface area contributed by atoms with Gasteiger partial charge in [-0.3, -0.25) is 30.3 Å². The number of hydrogen-bond acceptors (Lipinski definition) is 23. The van der Waals surface area contributed by atoms with E-state index in [0.717, 1.165) is 29.4 Å². The van der Waals surface area contributed by atoms with E-state index in [-0.39, 0.29) is 107 Å². The van der Waals surface area contributed by atoms with Gasteiger partial charge in [0.2, 0.25) is 7.38 Å². The molecule has 9 aromatic rings. The first-order valence-corrected chi connectivity index (χ1v) is 53.1. The van der Waals surface area contributed by atoms with Crippen LogP contribution >= 0.6 is 114 Å². The second-order valence-electron chi connectivity index (χ2n) is 29.8. The molecular weight excluding hydrogens is 1760 g/mol. The highest BCUT2D eigenvalue weighted by atomic mass is 35.6. The lowest BCUT2D eigenvalue weighted by Crippen LogP contribution is -2.66. The number of benzene rings is 6. The summed E-state index contributed by atoms with van der Waals surface area (Å²) in [7, 11) is 2.46. The minimum absolute atomic E-state index is 0. The van der Waals surface area contributed by atoms with E-state index in [9.17, 15) is 35.4 Å². The maximum Gasteiger partial charge on any atom is 0.287 e. The number of hydrogen-bond donors (Lipinski definition) is 6. The molecule has 2 aliphatic carbocycles. The Hall–Kier alpha value is -5.14. The number of pyridine rings is 3. The number of thiol groups is 3. The summed E-state index contributed by atoms with van der Waals surface area (Å²) in [6, 6.07) is 72.6. The maximum atomic E-state index is 10.8. The molecule has 17 nitrogen and oxygen atoms in total. The first-order valence-electron chi connectivity index (χ1n) is 37.7. The van der Waals surface area contributed by atoms with Gasteiger partial charge in [-0.2, -0.15) is 49.0 Å². The lowest BCUT2D eigenvalue weighted by atomic mass is 10.1. The summed E-state index contributed by atoms with van der Waals surface area (Å²) in [5, 5.41) is 67.3. The monoisotopic (exact) mass is 1900 g/mol. The van der Waals surface area contributed by atoms with Crippen LogP contribution in [0, 0.1) is 30.3 Å². The lowest BCUT2D eigenvalue weighted by Gasteiger charge is -2.43. The van der Waals surface area contributed by atoms with Crippen molar-refractivity contribution < 1.29 is 38.9 Å². The molecule has 0 radical (unpaired) electrons. The molecule has 3 aromatic heterocycles. The molecule has 2 saturated carbocycles. The summed E-state index contributed by atoms with van der Waals surface area (Å²) in [6.07, 6.45) is 14.6. The van der Waals surface area contributed by atoms with Crippen LogP contribution < -0.4 is 31.1 Å². The highest BCUT2D eigenvalue weighted by Gasteiger charge is 2.52. The molecule has 0 atom stereocenters. The predicted octanol–water partition coefficient (Wildman–Crippen LogP) is 24.3. The van der Waals surface area contributed by atoms with Gasteiger partial charge in [-0.05, 0) is 129 Å². The number of nitrogens with zero attached hydrogens (tertiary/aromatic N) is 6. The number of halogens is 1. The van der Waals surface area contributed by atoms with Gasteiger partial charge in [0.15, 0.2) is 0 Å². The fourth-order valence-electron chi connectivity index (χ4n) is 12.8. The molecule has 0 unspecified atom stereocenters. The minimum Gasteiger partial charge on any atom is -0.407 e. The highest BCUT2D eigenvalue weighted by Crippen LogP contribution is 2.47. The van der Waals surface area contributed by atoms with Crippen LogP contribution in [-0.4, -0.2) is 135 Å². The Labute approximate surface area is 775 Å². The maximum absolute atomic E-state index is 10.8. The summed E-state index contributed by atoms with van der Waals surface area (Å²) in [4.78, 5) is 42.2. The molecule has 2 fully saturated rings. The van der Waals surface area contributed by atoms with E-state index in [4.69, 9.17) is 30.1 Å². The normalized spacial score (nSPS) is 12.9. The molecule has 6 aromatic carbocycles. The number of aliphatic hydroxyl groups excluding tert-OH is 3. The van der Waals surface area contributed by atoms with Crippen molar-refractivity contribution in [2.24, 2.45) is 0 Å². The molecule has 11 rings (SSSR count). The number of aliphatic hydroxyl groups is 3. The summed E-state index contributed by atoms with van der Waals surface area (Å²) in [5.74, 6) is 3.31. The van der Waals surface area contributed by atoms with E-state index < -0.39 is 38.8 Å². The van der Waals surface area contributed by atoms with Gasteiger partial charge < -0.3 is 24.2 Å². The topological polar surface area (TPSA) is 247 Å². The summed E-state index contributed by atoms with van der Waals surface area (Å²) < 4.78 is 13.6. The third-order valence-electron chi connectivity index (χ3n) is 18.5. The van der Waals surface area contributed by atoms with Gasteiger partial charge in [0.1, 0.15) is 33.7 Å². The Morgan fingerprint density at radius 3 is 0.959 bits per heavy atom. The van der Waals surface area contributed by atoms with E-state index in [2.05, 4.69) is 280 Å². The minimum atomic E-state index is -2.51. The Kier molecular flexibility index (Phi) is 60.8. The van der Waals surface area contributed by atoms with Crippen molar-refractivity contribution in [3.05, 3.63) is 267 Å². The van der Waals surface area contributed by atoms with Crippen LogP contribution in [0.2, 0.25) is 15.1 Å². The first-order chi connectivity index (χ1) is 54.4. The van der Waals surface area contributed by atoms with Gasteiger partial charge in [0, 0.05) is 63.9 Å². The van der Waals surface area contributed by atoms with Crippen LogP contribution in [0.4, 0.5) is 17.1 Å². The van der Waals surface area contributed by atoms with Crippen LogP contribution in [0.25, 0.3) is 0 Å². The number of rotatable bonds is 28. The van der Waals surface area contributed by atoms with E-state index in [1.165, 1.54) is 163 Å². The molecule has 672 valence electrons. The second-order valence-corrected chi connectivity index (χ2v) is 53.4. The Bertz CT molecular complexity index is 4000. The van der Waals surface area contributed by atoms with E-state index in [1.807, 2.05) is 45.9 Å². The van der Waals surface area contributed by atoms with Gasteiger partial charge >= 0.3 is 0 Å². The average molecular weight is 1900 g/mol. The third-order valence-corrected chi connectivity index (χ3v) is 44.8. The van der Waals surface area contributed by atoms with E-state index in [0.29, 0.717) is 35.6 Å². The fourth-order valence-corrected chi connectivity index (χ4v) is 33.4. The third kappa shape index (κ3) is 37.4. The van der Waals surface area contributed by atoms with E-state index in [1.54, 1.807) is 16.9 Å². The van der Waals surface area contributed by atoms with Crippen molar-refractivity contribution in [3.63, 3.8) is 0 Å². The van der Waals surface area contributed by atoms with Crippen molar-refractivity contribution in [2.75, 3.05) is 56.0 Å². The SMILES string of the molecule is C.C.C.C.C.C.C.CC(C)(C)[Si](Cl)(c1ccccc1)c1ccccc1.CC(C)(C)[Si](OCCS)(c1ccccc1)c1ccccc1.CC(C)(C)[Si](OCCSSc1ccc([N+](=O)[O-])cn1)(c1ccccc1)c1ccccc1.CCCSSC1(CO)CCCC1.O=[N+]([O-])c1ccc(SSc2ccc([N+](=O)[O-])cn2)nc1.OCC1(S)CCCC1.OCCS. The molecule has 0 saturated heterocycles. The second kappa shape index (κ2) is 61.3. The predicted molar refractivity (Wildman–Crippen MR) is 551 cm³/mol. The summed E-state index contributed by atoms with van der Waals surface area (Å²) in [6.45, 7) is 24.7. The van der Waals surface area contributed by atoms with Crippen molar-refractivity contribution in [1.82, 2.24) is 15.0 Å². The zero-order valence-corrected chi connectivity index (χ0v) is 78.0. The summed E-state index contributed by atoms with van der Waals surface area (Å²) >= 11 is 19.6. The van der Waals surface area contributed by atoms with Crippen molar-refractivity contribution >= 4 is 186 Å². The van der Waals surface area contributed by atoms with E-state index >= 15 is 0 Å². The highest BCUT2D eigenvalue weighted by molar-refractivity contribution is 8.77. The molecule has 121 heavy (non-hydrogen) atoms. The van der Waals surface area contributed by atoms with Crippen LogP contribution in [0.1, 0.15) is 179 Å². The average Bonchev–Trinajstić information content (AvgIpc) is 1.34. The number of aromatic nitrogens is 3. The Balaban J connectivity index is -0.00000140. The molecule has 0 aliphatic heterocycles. The summed E-state index contributed by atoms with van der Waals surface area (Å²) in [5.41, 5.74) is -0.148. The quantitative estimate of drug-likeness (QED) is 0.00507. The fraction of sp³-hybridized carbons (Fsp3) is 0.440. The van der Waals surface area contributed by atoms with Gasteiger partial charge in [-0.15, -0.1) is 0 Å². The first kappa shape index (κ1) is 120. The van der Waals surface area contributed by atoms with Crippen LogP contribution in [-0.2, 0) is 8.85 Å². The molecular formula is C91H139ClN6O11S9Si3. The van der Waals surface area contributed by atoms with Crippen LogP contribution in [0.5, 0.6) is 0 Å². The van der Waals surface area contributed by atoms with Crippen molar-refractivity contribution in [2.45, 2.75) is 219 Å². The molecule has 0 amide bonds. The zero-order valence-electron chi connectivity index (χ0n) is 66.7. The molecule has 3 N–H and O–H groups in total. The van der Waals surface area contributed by atoms with Gasteiger partial charge in [0.25, 0.3) is 33.7 Å². The van der Waals surface area contributed by atoms with Gasteiger partial charge in [0.05, 0.1) is 34.6 Å². The number of nitro groups is 3. The molecule has 2 aliphatic rings. The van der Waals surface area contributed by atoms with Gasteiger partial charge in [-0.1, -0.05) is 361 Å². The molecule has 3 heterocycles. The van der Waals surface area contributed by atoms with Crippen LogP contribution in [0.15, 0.2) is 252 Å². The Morgan fingerprint density at radius 2 is 0.719 bits per heavy atom. The standard InChI is InChI=1S/C23H26N2O3S2Si.C18H24OSSi.C16H19ClSi.C10H6N4O4S2.C9H18OS2.C6H12OS.C2H6OS.7CH4/c1-23(2,3)31(20-10-6-4-7-11-20,21-12-8-5-9-13-21)28-16-17-29-30-22-15-14-19(18-24-22)25(26)27;1-18(2,3)21(19-14-15-20,16-10-6-4-7-11-16)17-12-8-5-9-13-17;1-16(2,3)18(17,14-10-6-4-7-11-14)15-12-8-5-9-13-15;15-13(16)7-1-3-9(11-5-7)19-20-10-4-2-8(6-12-10)14(17)18;1-2-7-11-12-9(8-10)5-3-4-6-9;7-5-6(8)3-1-2-4-6;3-1-2-4;;;;;;;/h4-15,18H,16-17H2,1-3H3;4-13,20H,14-15H2,1-3H3;4-13H,1-3H3;1-6H;10H,2-8H2,1H3;7-8H,1-5H2;3-4H,1-2H2;7*1H4. The van der Waals surface area contributed by atoms with Gasteiger partial charge in [-0.25, -0.2) is 15.0 Å². The molecule has 0 spiro atoms. The molecule has 30 heteroatoms. The lowest BCUT2D eigenvalue weighted by molar-refractivity contribution is -0.385. The largest absolute Gasteiger partial charge is 0.407 e. The van der Waals surface area contributed by atoms with Crippen molar-refractivity contribution in [3.8, 4) is 0 Å². The Morgan fingerprint density at radius 1 is 0.421 bits per heavy atom.